The maximum atomic E-state index is 11.9. The molecule has 2 saturated carbocycles. The second kappa shape index (κ2) is 8.52. The Balaban J connectivity index is 1.54. The fourth-order valence-corrected chi connectivity index (χ4v) is 5.44. The highest BCUT2D eigenvalue weighted by atomic mass is 32.2. The molecule has 2 aliphatic carbocycles. The van der Waals surface area contributed by atoms with E-state index >= 15 is 0 Å². The molecule has 0 saturated heterocycles. The van der Waals surface area contributed by atoms with Crippen LogP contribution >= 0.6 is 23.5 Å². The monoisotopic (exact) mass is 286 g/mol. The summed E-state index contributed by atoms with van der Waals surface area (Å²) in [5.41, 5.74) is 0. The molecular weight excluding hydrogens is 260 g/mol. The smallest absolute Gasteiger partial charge is 0.152 e. The molecular formula is C15H26OS2. The quantitative estimate of drug-likeness (QED) is 0.705. The molecule has 3 heteroatoms. The molecule has 0 radical (unpaired) electrons. The third-order valence-electron chi connectivity index (χ3n) is 4.06. The molecule has 0 unspecified atom stereocenters. The van der Waals surface area contributed by atoms with Crippen molar-refractivity contribution >= 4 is 29.3 Å². The summed E-state index contributed by atoms with van der Waals surface area (Å²) < 4.78 is 0. The summed E-state index contributed by atoms with van der Waals surface area (Å²) in [6, 6.07) is 0. The van der Waals surface area contributed by atoms with Gasteiger partial charge in [0.2, 0.25) is 0 Å². The predicted molar refractivity (Wildman–Crippen MR) is 83.7 cm³/mol. The fourth-order valence-electron chi connectivity index (χ4n) is 2.93. The molecule has 2 rings (SSSR count). The number of carbonyl (C=O) groups excluding carboxylic acids is 1. The van der Waals surface area contributed by atoms with Gasteiger partial charge in [-0.05, 0) is 25.7 Å². The second-order valence-electron chi connectivity index (χ2n) is 5.68. The molecule has 2 aliphatic rings. The van der Waals surface area contributed by atoms with Crippen LogP contribution in [0.15, 0.2) is 0 Å². The third kappa shape index (κ3) is 5.56. The molecule has 0 heterocycles. The largest absolute Gasteiger partial charge is 0.298 e. The summed E-state index contributed by atoms with van der Waals surface area (Å²) >= 11 is 3.86. The zero-order valence-electron chi connectivity index (χ0n) is 11.4. The molecule has 0 N–H and O–H groups in total. The first-order chi connectivity index (χ1) is 8.84. The lowest BCUT2D eigenvalue weighted by Gasteiger charge is -2.22. The summed E-state index contributed by atoms with van der Waals surface area (Å²) in [5.74, 6) is 2.01. The van der Waals surface area contributed by atoms with E-state index in [0.29, 0.717) is 5.78 Å². The summed E-state index contributed by atoms with van der Waals surface area (Å²) in [6.45, 7) is 0. The summed E-state index contributed by atoms with van der Waals surface area (Å²) in [7, 11) is 0. The normalized spacial score (nSPS) is 23.1. The van der Waals surface area contributed by atoms with Gasteiger partial charge in [0.25, 0.3) is 0 Å². The van der Waals surface area contributed by atoms with Crippen molar-refractivity contribution < 1.29 is 4.79 Å². The van der Waals surface area contributed by atoms with Crippen LogP contribution in [0.5, 0.6) is 0 Å². The lowest BCUT2D eigenvalue weighted by atomic mass is 10.0. The first-order valence-electron chi connectivity index (χ1n) is 7.59. The van der Waals surface area contributed by atoms with Gasteiger partial charge in [0.05, 0.1) is 11.5 Å². The number of Topliss-reactive ketones (excluding diaryl/α,β-unsaturated/α-hetero) is 1. The lowest BCUT2D eigenvalue weighted by Crippen LogP contribution is -2.16. The van der Waals surface area contributed by atoms with E-state index in [-0.39, 0.29) is 0 Å². The van der Waals surface area contributed by atoms with Crippen molar-refractivity contribution in [3.8, 4) is 0 Å². The van der Waals surface area contributed by atoms with Crippen molar-refractivity contribution in [3.63, 3.8) is 0 Å². The van der Waals surface area contributed by atoms with E-state index in [1.165, 1.54) is 64.2 Å². The number of hydrogen-bond acceptors (Lipinski definition) is 3. The van der Waals surface area contributed by atoms with E-state index in [1.807, 2.05) is 23.5 Å². The van der Waals surface area contributed by atoms with Gasteiger partial charge < -0.3 is 0 Å². The summed E-state index contributed by atoms with van der Waals surface area (Å²) in [6.07, 6.45) is 13.7. The summed E-state index contributed by atoms with van der Waals surface area (Å²) in [5, 5.41) is 1.56. The lowest BCUT2D eigenvalue weighted by molar-refractivity contribution is -0.114. The minimum absolute atomic E-state index is 0.473. The molecule has 18 heavy (non-hydrogen) atoms. The van der Waals surface area contributed by atoms with Crippen molar-refractivity contribution in [1.82, 2.24) is 0 Å². The van der Waals surface area contributed by atoms with Gasteiger partial charge in [-0.15, -0.1) is 0 Å². The first kappa shape index (κ1) is 14.8. The van der Waals surface area contributed by atoms with Gasteiger partial charge in [-0.25, -0.2) is 0 Å². The average molecular weight is 287 g/mol. The number of ketones is 1. The Hall–Kier alpha value is 0.370. The van der Waals surface area contributed by atoms with E-state index in [9.17, 15) is 4.79 Å². The number of hydrogen-bond donors (Lipinski definition) is 0. The highest BCUT2D eigenvalue weighted by Gasteiger charge is 2.17. The van der Waals surface area contributed by atoms with Crippen molar-refractivity contribution in [3.05, 3.63) is 0 Å². The molecule has 2 fully saturated rings. The maximum Gasteiger partial charge on any atom is 0.152 e. The number of rotatable bonds is 6. The van der Waals surface area contributed by atoms with Crippen LogP contribution in [-0.2, 0) is 4.79 Å². The Kier molecular flexibility index (Phi) is 6.99. The molecule has 0 amide bonds. The Bertz CT molecular complexity index is 219. The van der Waals surface area contributed by atoms with Crippen LogP contribution in [0.1, 0.15) is 64.2 Å². The highest BCUT2D eigenvalue weighted by Crippen LogP contribution is 2.30. The number of thioether (sulfide) groups is 2. The van der Waals surface area contributed by atoms with Gasteiger partial charge in [-0.2, -0.15) is 23.5 Å². The Labute approximate surface area is 120 Å². The van der Waals surface area contributed by atoms with Crippen LogP contribution < -0.4 is 0 Å². The standard InChI is InChI=1S/C15H26OS2/c16-13(11-17-14-7-3-1-4-8-14)12-18-15-9-5-2-6-10-15/h14-15H,1-12H2. The maximum absolute atomic E-state index is 11.9. The van der Waals surface area contributed by atoms with Crippen LogP contribution in [0, 0.1) is 0 Å². The minimum atomic E-state index is 0.473. The van der Waals surface area contributed by atoms with E-state index in [0.717, 1.165) is 22.0 Å². The molecule has 0 spiro atoms. The molecule has 1 nitrogen and oxygen atoms in total. The average Bonchev–Trinajstić information content (AvgIpc) is 2.45. The second-order valence-corrected chi connectivity index (χ2v) is 8.26. The van der Waals surface area contributed by atoms with Gasteiger partial charge in [0.1, 0.15) is 0 Å². The van der Waals surface area contributed by atoms with Crippen molar-refractivity contribution in [2.24, 2.45) is 0 Å². The fraction of sp³-hybridized carbons (Fsp3) is 0.933. The van der Waals surface area contributed by atoms with E-state index in [1.54, 1.807) is 0 Å². The molecule has 0 aromatic rings. The van der Waals surface area contributed by atoms with E-state index in [2.05, 4.69) is 0 Å². The topological polar surface area (TPSA) is 17.1 Å². The van der Waals surface area contributed by atoms with Crippen molar-refractivity contribution in [2.75, 3.05) is 11.5 Å². The van der Waals surface area contributed by atoms with Gasteiger partial charge in [-0.1, -0.05) is 38.5 Å². The highest BCUT2D eigenvalue weighted by molar-refractivity contribution is 8.02. The Morgan fingerprint density at radius 1 is 0.722 bits per heavy atom. The van der Waals surface area contributed by atoms with Gasteiger partial charge in [-0.3, -0.25) is 4.79 Å². The van der Waals surface area contributed by atoms with Crippen molar-refractivity contribution in [2.45, 2.75) is 74.7 Å². The van der Waals surface area contributed by atoms with Crippen molar-refractivity contribution in [1.29, 1.82) is 0 Å². The molecule has 0 bridgehead atoms. The zero-order valence-corrected chi connectivity index (χ0v) is 13.0. The molecule has 0 atom stereocenters. The summed E-state index contributed by atoms with van der Waals surface area (Å²) in [4.78, 5) is 11.9. The Morgan fingerprint density at radius 3 is 1.50 bits per heavy atom. The molecule has 0 aromatic carbocycles. The third-order valence-corrected chi connectivity index (χ3v) is 6.93. The van der Waals surface area contributed by atoms with Crippen LogP contribution in [0.4, 0.5) is 0 Å². The van der Waals surface area contributed by atoms with E-state index in [4.69, 9.17) is 0 Å². The predicted octanol–water partition coefficient (Wildman–Crippen LogP) is 4.69. The zero-order chi connectivity index (χ0) is 12.6. The van der Waals surface area contributed by atoms with Gasteiger partial charge in [0, 0.05) is 10.5 Å². The molecule has 104 valence electrons. The molecule has 0 aromatic heterocycles. The van der Waals surface area contributed by atoms with E-state index < -0.39 is 0 Å². The minimum Gasteiger partial charge on any atom is -0.298 e. The van der Waals surface area contributed by atoms with Crippen LogP contribution in [0.25, 0.3) is 0 Å². The number of carbonyl (C=O) groups is 1. The van der Waals surface area contributed by atoms with Crippen LogP contribution in [-0.4, -0.2) is 27.8 Å². The first-order valence-corrected chi connectivity index (χ1v) is 9.69. The van der Waals surface area contributed by atoms with Crippen LogP contribution in [0.3, 0.4) is 0 Å². The van der Waals surface area contributed by atoms with Gasteiger partial charge >= 0.3 is 0 Å². The van der Waals surface area contributed by atoms with Gasteiger partial charge in [0.15, 0.2) is 5.78 Å². The Morgan fingerprint density at radius 2 is 1.11 bits per heavy atom. The molecule has 0 aliphatic heterocycles. The van der Waals surface area contributed by atoms with Crippen LogP contribution in [0.2, 0.25) is 0 Å². The SMILES string of the molecule is O=C(CSC1CCCCC1)CSC1CCCCC1.